The summed E-state index contributed by atoms with van der Waals surface area (Å²) in [5, 5.41) is 3.02. The molecule has 20 heavy (non-hydrogen) atoms. The summed E-state index contributed by atoms with van der Waals surface area (Å²) in [5.41, 5.74) is 0.239. The zero-order chi connectivity index (χ0) is 15.3. The number of hydrogen-bond donors (Lipinski definition) is 1. The molecular formula is C14H21F2NO2S. The van der Waals surface area contributed by atoms with Gasteiger partial charge in [0, 0.05) is 6.04 Å². The van der Waals surface area contributed by atoms with Crippen molar-refractivity contribution in [3.63, 3.8) is 0 Å². The Hall–Kier alpha value is -1.17. The van der Waals surface area contributed by atoms with E-state index in [0.717, 1.165) is 12.8 Å². The molecular weight excluding hydrogens is 284 g/mol. The SMILES string of the molecule is CCC(C)CC(C)Nc1ccccc1S(=O)(=O)C(F)F. The van der Waals surface area contributed by atoms with E-state index in [9.17, 15) is 17.2 Å². The summed E-state index contributed by atoms with van der Waals surface area (Å²) in [6, 6.07) is 5.81. The first-order valence-electron chi connectivity index (χ1n) is 6.66. The van der Waals surface area contributed by atoms with Gasteiger partial charge in [0.25, 0.3) is 0 Å². The number of halogens is 2. The highest BCUT2D eigenvalue weighted by molar-refractivity contribution is 7.91. The molecule has 0 spiro atoms. The van der Waals surface area contributed by atoms with Crippen LogP contribution in [0.15, 0.2) is 29.2 Å². The van der Waals surface area contributed by atoms with Crippen LogP contribution in [-0.4, -0.2) is 20.2 Å². The standard InChI is InChI=1S/C14H21F2NO2S/c1-4-10(2)9-11(3)17-12-7-5-6-8-13(12)20(18,19)14(15)16/h5-8,10-11,14,17H,4,9H2,1-3H3. The van der Waals surface area contributed by atoms with Crippen molar-refractivity contribution in [3.05, 3.63) is 24.3 Å². The lowest BCUT2D eigenvalue weighted by atomic mass is 10.0. The van der Waals surface area contributed by atoms with Crippen LogP contribution in [0.4, 0.5) is 14.5 Å². The van der Waals surface area contributed by atoms with Crippen molar-refractivity contribution in [3.8, 4) is 0 Å². The Morgan fingerprint density at radius 1 is 1.20 bits per heavy atom. The second kappa shape index (κ2) is 7.02. The number of nitrogens with one attached hydrogen (secondary N) is 1. The van der Waals surface area contributed by atoms with Gasteiger partial charge in [0.15, 0.2) is 0 Å². The minimum absolute atomic E-state index is 0.0129. The molecule has 0 radical (unpaired) electrons. The maximum atomic E-state index is 12.7. The Kier molecular flexibility index (Phi) is 5.92. The van der Waals surface area contributed by atoms with Gasteiger partial charge >= 0.3 is 5.76 Å². The lowest BCUT2D eigenvalue weighted by Crippen LogP contribution is -2.21. The number of para-hydroxylation sites is 1. The van der Waals surface area contributed by atoms with Gasteiger partial charge in [0.1, 0.15) is 0 Å². The predicted octanol–water partition coefficient (Wildman–Crippen LogP) is 3.92. The third kappa shape index (κ3) is 4.16. The van der Waals surface area contributed by atoms with Gasteiger partial charge in [-0.05, 0) is 31.4 Å². The smallest absolute Gasteiger partial charge is 0.341 e. The first-order valence-corrected chi connectivity index (χ1v) is 8.21. The molecule has 0 aliphatic rings. The van der Waals surface area contributed by atoms with E-state index in [-0.39, 0.29) is 16.6 Å². The largest absolute Gasteiger partial charge is 0.382 e. The molecule has 6 heteroatoms. The van der Waals surface area contributed by atoms with Crippen LogP contribution < -0.4 is 5.32 Å². The highest BCUT2D eigenvalue weighted by Gasteiger charge is 2.29. The second-order valence-corrected chi connectivity index (χ2v) is 6.98. The van der Waals surface area contributed by atoms with Crippen molar-refractivity contribution in [2.24, 2.45) is 5.92 Å². The molecule has 0 fully saturated rings. The van der Waals surface area contributed by atoms with E-state index >= 15 is 0 Å². The molecule has 114 valence electrons. The Bertz CT molecular complexity index is 532. The van der Waals surface area contributed by atoms with Crippen LogP contribution in [0.3, 0.4) is 0 Å². The van der Waals surface area contributed by atoms with E-state index in [1.165, 1.54) is 18.2 Å². The maximum absolute atomic E-state index is 12.7. The van der Waals surface area contributed by atoms with Crippen LogP contribution in [0.25, 0.3) is 0 Å². The van der Waals surface area contributed by atoms with Gasteiger partial charge in [-0.3, -0.25) is 0 Å². The summed E-state index contributed by atoms with van der Waals surface area (Å²) < 4.78 is 48.6. The number of sulfone groups is 1. The number of hydrogen-bond acceptors (Lipinski definition) is 3. The molecule has 3 nitrogen and oxygen atoms in total. The Morgan fingerprint density at radius 2 is 1.80 bits per heavy atom. The van der Waals surface area contributed by atoms with Crippen LogP contribution in [0.5, 0.6) is 0 Å². The van der Waals surface area contributed by atoms with Gasteiger partial charge in [-0.2, -0.15) is 8.78 Å². The van der Waals surface area contributed by atoms with Crippen LogP contribution in [-0.2, 0) is 9.84 Å². The van der Waals surface area contributed by atoms with Gasteiger partial charge in [-0.15, -0.1) is 0 Å². The number of rotatable bonds is 7. The topological polar surface area (TPSA) is 46.2 Å². The summed E-state index contributed by atoms with van der Waals surface area (Å²) in [5.74, 6) is -2.92. The molecule has 0 amide bonds. The number of alkyl halides is 2. The summed E-state index contributed by atoms with van der Waals surface area (Å²) in [4.78, 5) is -0.342. The van der Waals surface area contributed by atoms with E-state index in [2.05, 4.69) is 19.2 Å². The first-order chi connectivity index (χ1) is 9.28. The van der Waals surface area contributed by atoms with Crippen molar-refractivity contribution >= 4 is 15.5 Å². The number of anilines is 1. The van der Waals surface area contributed by atoms with Crippen molar-refractivity contribution in [2.45, 2.75) is 50.3 Å². The lowest BCUT2D eigenvalue weighted by Gasteiger charge is -2.20. The van der Waals surface area contributed by atoms with Gasteiger partial charge in [0.2, 0.25) is 9.84 Å². The Morgan fingerprint density at radius 3 is 2.35 bits per heavy atom. The fourth-order valence-electron chi connectivity index (χ4n) is 2.02. The normalized spacial score (nSPS) is 15.1. The predicted molar refractivity (Wildman–Crippen MR) is 76.8 cm³/mol. The van der Waals surface area contributed by atoms with Crippen molar-refractivity contribution in [2.75, 3.05) is 5.32 Å². The molecule has 0 saturated carbocycles. The molecule has 0 aliphatic carbocycles. The average molecular weight is 305 g/mol. The van der Waals surface area contributed by atoms with Crippen LogP contribution >= 0.6 is 0 Å². The average Bonchev–Trinajstić information content (AvgIpc) is 2.38. The summed E-state index contributed by atoms with van der Waals surface area (Å²) >= 11 is 0. The fraction of sp³-hybridized carbons (Fsp3) is 0.571. The summed E-state index contributed by atoms with van der Waals surface area (Å²) in [6.45, 7) is 6.09. The second-order valence-electron chi connectivity index (χ2n) is 5.10. The van der Waals surface area contributed by atoms with Crippen LogP contribution in [0.1, 0.15) is 33.6 Å². The highest BCUT2D eigenvalue weighted by Crippen LogP contribution is 2.27. The van der Waals surface area contributed by atoms with Gasteiger partial charge in [0.05, 0.1) is 10.6 Å². The summed E-state index contributed by atoms with van der Waals surface area (Å²) in [6.07, 6.45) is 1.86. The van der Waals surface area contributed by atoms with E-state index < -0.39 is 15.6 Å². The Balaban J connectivity index is 2.98. The molecule has 2 atom stereocenters. The van der Waals surface area contributed by atoms with Gasteiger partial charge in [-0.25, -0.2) is 8.42 Å². The molecule has 0 aromatic heterocycles. The highest BCUT2D eigenvalue weighted by atomic mass is 32.2. The first kappa shape index (κ1) is 16.9. The number of benzene rings is 1. The molecule has 0 saturated heterocycles. The monoisotopic (exact) mass is 305 g/mol. The molecule has 1 N–H and O–H groups in total. The third-order valence-electron chi connectivity index (χ3n) is 3.28. The quantitative estimate of drug-likeness (QED) is 0.830. The molecule has 1 rings (SSSR count). The van der Waals surface area contributed by atoms with E-state index in [1.807, 2.05) is 6.92 Å². The van der Waals surface area contributed by atoms with Crippen molar-refractivity contribution in [1.29, 1.82) is 0 Å². The van der Waals surface area contributed by atoms with E-state index in [4.69, 9.17) is 0 Å². The van der Waals surface area contributed by atoms with Crippen LogP contribution in [0.2, 0.25) is 0 Å². The van der Waals surface area contributed by atoms with Crippen molar-refractivity contribution < 1.29 is 17.2 Å². The van der Waals surface area contributed by atoms with Crippen molar-refractivity contribution in [1.82, 2.24) is 0 Å². The molecule has 1 aromatic carbocycles. The molecule has 2 unspecified atom stereocenters. The van der Waals surface area contributed by atoms with Crippen LogP contribution in [0, 0.1) is 5.92 Å². The third-order valence-corrected chi connectivity index (χ3v) is 4.72. The van der Waals surface area contributed by atoms with E-state index in [0.29, 0.717) is 5.92 Å². The fourth-order valence-corrected chi connectivity index (χ4v) is 2.92. The van der Waals surface area contributed by atoms with Gasteiger partial charge in [-0.1, -0.05) is 32.4 Å². The summed E-state index contributed by atoms with van der Waals surface area (Å²) in [7, 11) is -4.58. The minimum atomic E-state index is -4.58. The minimum Gasteiger partial charge on any atom is -0.382 e. The molecule has 0 heterocycles. The maximum Gasteiger partial charge on any atom is 0.341 e. The zero-order valence-corrected chi connectivity index (χ0v) is 12.8. The lowest BCUT2D eigenvalue weighted by molar-refractivity contribution is 0.235. The van der Waals surface area contributed by atoms with Gasteiger partial charge < -0.3 is 5.32 Å². The zero-order valence-electron chi connectivity index (χ0n) is 11.9. The molecule has 0 bridgehead atoms. The van der Waals surface area contributed by atoms with E-state index in [1.54, 1.807) is 6.07 Å². The Labute approximate surface area is 119 Å². The molecule has 1 aromatic rings. The molecule has 0 aliphatic heterocycles.